The quantitative estimate of drug-likeness (QED) is 0.536. The van der Waals surface area contributed by atoms with Gasteiger partial charge in [0.15, 0.2) is 0 Å². The molecule has 0 aliphatic heterocycles. The molecule has 0 spiro atoms. The topological polar surface area (TPSA) is 85.2 Å². The van der Waals surface area contributed by atoms with Gasteiger partial charge in [0.2, 0.25) is 5.91 Å². The Hall–Kier alpha value is -2.32. The molecule has 3 N–H and O–H groups in total. The van der Waals surface area contributed by atoms with Crippen molar-refractivity contribution >= 4 is 17.3 Å². The number of hydrogen-bond donors (Lipinski definition) is 3. The molecule has 0 fully saturated rings. The Kier molecular flexibility index (Phi) is 4.73. The van der Waals surface area contributed by atoms with Gasteiger partial charge in [-0.15, -0.1) is 6.58 Å². The third-order valence-electron chi connectivity index (χ3n) is 2.12. The maximum absolute atomic E-state index is 11.5. The first kappa shape index (κ1) is 12.7. The lowest BCUT2D eigenvalue weighted by Crippen LogP contribution is -2.12. The molecule has 0 aromatic heterocycles. The molecule has 0 aliphatic carbocycles. The van der Waals surface area contributed by atoms with Crippen LogP contribution in [0.25, 0.3) is 0 Å². The van der Waals surface area contributed by atoms with Crippen molar-refractivity contribution in [3.8, 4) is 6.07 Å². The van der Waals surface area contributed by atoms with Crippen LogP contribution in [0.2, 0.25) is 0 Å². The fraction of sp³-hybridized carbons (Fsp3) is 0.167. The Balaban J connectivity index is 2.80. The molecular weight excluding hydrogens is 218 g/mol. The van der Waals surface area contributed by atoms with Gasteiger partial charge in [-0.1, -0.05) is 6.08 Å². The lowest BCUT2D eigenvalue weighted by atomic mass is 10.2. The summed E-state index contributed by atoms with van der Waals surface area (Å²) in [5.41, 5.74) is 3.06. The van der Waals surface area contributed by atoms with Gasteiger partial charge in [-0.2, -0.15) is 5.26 Å². The van der Waals surface area contributed by atoms with Gasteiger partial charge in [0.05, 0.1) is 23.0 Å². The van der Waals surface area contributed by atoms with Gasteiger partial charge in [0.1, 0.15) is 0 Å². The lowest BCUT2D eigenvalue weighted by molar-refractivity contribution is -0.116. The molecule has 0 bridgehead atoms. The maximum Gasteiger partial charge on any atom is 0.224 e. The Morgan fingerprint density at radius 2 is 2.29 bits per heavy atom. The van der Waals surface area contributed by atoms with Gasteiger partial charge in [-0.25, -0.2) is 0 Å². The number of carbonyl (C=O) groups is 1. The normalized spacial score (nSPS) is 9.18. The van der Waals surface area contributed by atoms with Gasteiger partial charge < -0.3 is 5.32 Å². The number of nitrogens with zero attached hydrogens (tertiary/aromatic N) is 1. The molecule has 1 aromatic carbocycles. The van der Waals surface area contributed by atoms with Crippen molar-refractivity contribution in [3.63, 3.8) is 0 Å². The highest BCUT2D eigenvalue weighted by molar-refractivity contribution is 5.94. The first-order chi connectivity index (χ1) is 8.21. The SMILES string of the molecule is C=CCCC(=O)Nc1ccc(C#N)cc1NO. The van der Waals surface area contributed by atoms with E-state index in [1.165, 1.54) is 6.07 Å². The summed E-state index contributed by atoms with van der Waals surface area (Å²) in [4.78, 5) is 11.5. The minimum absolute atomic E-state index is 0.175. The van der Waals surface area contributed by atoms with E-state index in [-0.39, 0.29) is 11.6 Å². The van der Waals surface area contributed by atoms with E-state index in [0.29, 0.717) is 24.1 Å². The van der Waals surface area contributed by atoms with Gasteiger partial charge in [-0.05, 0) is 24.6 Å². The molecule has 1 aromatic rings. The van der Waals surface area contributed by atoms with E-state index in [1.54, 1.807) is 18.2 Å². The van der Waals surface area contributed by atoms with Crippen molar-refractivity contribution in [3.05, 3.63) is 36.4 Å². The number of anilines is 2. The summed E-state index contributed by atoms with van der Waals surface area (Å²) < 4.78 is 0. The second-order valence-electron chi connectivity index (χ2n) is 3.36. The van der Waals surface area contributed by atoms with E-state index < -0.39 is 0 Å². The molecule has 0 saturated heterocycles. The predicted octanol–water partition coefficient (Wildman–Crippen LogP) is 2.26. The van der Waals surface area contributed by atoms with Crippen LogP contribution in [-0.4, -0.2) is 11.1 Å². The summed E-state index contributed by atoms with van der Waals surface area (Å²) in [7, 11) is 0. The molecule has 0 radical (unpaired) electrons. The highest BCUT2D eigenvalue weighted by Gasteiger charge is 2.06. The third kappa shape index (κ3) is 3.63. The molecule has 5 heteroatoms. The number of nitrogens with one attached hydrogen (secondary N) is 2. The van der Waals surface area contributed by atoms with E-state index in [0.717, 1.165) is 0 Å². The molecule has 0 atom stereocenters. The van der Waals surface area contributed by atoms with Gasteiger partial charge >= 0.3 is 0 Å². The molecular formula is C12H13N3O2. The average molecular weight is 231 g/mol. The van der Waals surface area contributed by atoms with E-state index >= 15 is 0 Å². The Bertz CT molecular complexity index is 463. The number of nitriles is 1. The van der Waals surface area contributed by atoms with Crippen LogP contribution < -0.4 is 10.8 Å². The third-order valence-corrected chi connectivity index (χ3v) is 2.12. The van der Waals surface area contributed by atoms with E-state index in [9.17, 15) is 4.79 Å². The molecule has 1 amide bonds. The summed E-state index contributed by atoms with van der Waals surface area (Å²) >= 11 is 0. The summed E-state index contributed by atoms with van der Waals surface area (Å²) in [5, 5.41) is 20.2. The fourth-order valence-electron chi connectivity index (χ4n) is 1.26. The zero-order chi connectivity index (χ0) is 12.7. The monoisotopic (exact) mass is 231 g/mol. The van der Waals surface area contributed by atoms with Crippen LogP contribution in [-0.2, 0) is 4.79 Å². The van der Waals surface area contributed by atoms with Crippen molar-refractivity contribution in [1.82, 2.24) is 0 Å². The minimum atomic E-state index is -0.175. The van der Waals surface area contributed by atoms with Gasteiger partial charge in [0, 0.05) is 6.42 Å². The van der Waals surface area contributed by atoms with E-state index in [4.69, 9.17) is 10.5 Å². The Morgan fingerprint density at radius 1 is 1.53 bits per heavy atom. The fourth-order valence-corrected chi connectivity index (χ4v) is 1.26. The number of hydrogen-bond acceptors (Lipinski definition) is 4. The first-order valence-electron chi connectivity index (χ1n) is 5.06. The van der Waals surface area contributed by atoms with Crippen LogP contribution in [0, 0.1) is 11.3 Å². The second-order valence-corrected chi connectivity index (χ2v) is 3.36. The molecule has 1 rings (SSSR count). The largest absolute Gasteiger partial charge is 0.324 e. The van der Waals surface area contributed by atoms with Gasteiger partial charge in [-0.3, -0.25) is 15.5 Å². The zero-order valence-corrected chi connectivity index (χ0v) is 9.23. The van der Waals surface area contributed by atoms with Crippen molar-refractivity contribution in [2.45, 2.75) is 12.8 Å². The first-order valence-corrected chi connectivity index (χ1v) is 5.06. The number of rotatable bonds is 5. The number of amides is 1. The summed E-state index contributed by atoms with van der Waals surface area (Å²) in [5.74, 6) is -0.175. The standard InChI is InChI=1S/C12H13N3O2/c1-2-3-4-12(16)14-10-6-5-9(8-13)7-11(10)15-17/h2,5-7,15,17H,1,3-4H2,(H,14,16). The Morgan fingerprint density at radius 3 is 2.88 bits per heavy atom. The van der Waals surface area contributed by atoms with Crippen molar-refractivity contribution in [2.75, 3.05) is 10.8 Å². The highest BCUT2D eigenvalue weighted by atomic mass is 16.5. The molecule has 0 aliphatic rings. The molecule has 0 unspecified atom stereocenters. The van der Waals surface area contributed by atoms with Crippen LogP contribution in [0.5, 0.6) is 0 Å². The molecule has 17 heavy (non-hydrogen) atoms. The van der Waals surface area contributed by atoms with E-state index in [1.807, 2.05) is 11.5 Å². The van der Waals surface area contributed by atoms with Crippen molar-refractivity contribution in [1.29, 1.82) is 5.26 Å². The maximum atomic E-state index is 11.5. The van der Waals surface area contributed by atoms with Crippen LogP contribution in [0.1, 0.15) is 18.4 Å². The lowest BCUT2D eigenvalue weighted by Gasteiger charge is -2.09. The molecule has 0 saturated carbocycles. The molecule has 88 valence electrons. The summed E-state index contributed by atoms with van der Waals surface area (Å²) in [6, 6.07) is 6.50. The minimum Gasteiger partial charge on any atom is -0.324 e. The highest BCUT2D eigenvalue weighted by Crippen LogP contribution is 2.22. The van der Waals surface area contributed by atoms with Crippen LogP contribution in [0.3, 0.4) is 0 Å². The van der Waals surface area contributed by atoms with Crippen molar-refractivity contribution in [2.24, 2.45) is 0 Å². The summed E-state index contributed by atoms with van der Waals surface area (Å²) in [6.07, 6.45) is 2.57. The average Bonchev–Trinajstić information content (AvgIpc) is 2.36. The van der Waals surface area contributed by atoms with Crippen LogP contribution in [0.4, 0.5) is 11.4 Å². The smallest absolute Gasteiger partial charge is 0.224 e. The summed E-state index contributed by atoms with van der Waals surface area (Å²) in [6.45, 7) is 3.53. The second kappa shape index (κ2) is 6.30. The number of allylic oxidation sites excluding steroid dienone is 1. The predicted molar refractivity (Wildman–Crippen MR) is 64.6 cm³/mol. The van der Waals surface area contributed by atoms with Crippen molar-refractivity contribution < 1.29 is 10.0 Å². The number of carbonyl (C=O) groups excluding carboxylic acids is 1. The number of benzene rings is 1. The van der Waals surface area contributed by atoms with E-state index in [2.05, 4.69) is 11.9 Å². The van der Waals surface area contributed by atoms with Crippen LogP contribution >= 0.6 is 0 Å². The van der Waals surface area contributed by atoms with Crippen LogP contribution in [0.15, 0.2) is 30.9 Å². The molecule has 0 heterocycles. The zero-order valence-electron chi connectivity index (χ0n) is 9.23. The van der Waals surface area contributed by atoms with Gasteiger partial charge in [0.25, 0.3) is 0 Å². The Labute approximate surface area is 99.3 Å². The molecule has 5 nitrogen and oxygen atoms in total.